The number of hydrogen-bond donors (Lipinski definition) is 0. The second-order valence-corrected chi connectivity index (χ2v) is 3.82. The van der Waals surface area contributed by atoms with Gasteiger partial charge < -0.3 is 4.90 Å². The van der Waals surface area contributed by atoms with Gasteiger partial charge in [0.25, 0.3) is 5.69 Å². The molecule has 0 bridgehead atoms. The minimum Gasteiger partial charge on any atom is -0.355 e. The van der Waals surface area contributed by atoms with Crippen LogP contribution in [0.5, 0.6) is 0 Å². The molecule has 16 heavy (non-hydrogen) atoms. The van der Waals surface area contributed by atoms with E-state index in [2.05, 4.69) is 6.07 Å². The van der Waals surface area contributed by atoms with Crippen LogP contribution < -0.4 is 4.90 Å². The molecule has 82 valence electrons. The summed E-state index contributed by atoms with van der Waals surface area (Å²) in [5, 5.41) is 19.5. The average Bonchev–Trinajstić information content (AvgIpc) is 2.70. The van der Waals surface area contributed by atoms with Gasteiger partial charge in [0, 0.05) is 24.4 Å². The van der Waals surface area contributed by atoms with E-state index in [1.165, 1.54) is 6.07 Å². The van der Waals surface area contributed by atoms with Gasteiger partial charge in [-0.05, 0) is 25.0 Å². The summed E-state index contributed by atoms with van der Waals surface area (Å²) < 4.78 is 0. The van der Waals surface area contributed by atoms with Crippen LogP contribution in [0.1, 0.15) is 12.5 Å². The van der Waals surface area contributed by atoms with Gasteiger partial charge in [-0.15, -0.1) is 0 Å². The maximum atomic E-state index is 10.6. The smallest absolute Gasteiger partial charge is 0.269 e. The third kappa shape index (κ3) is 1.58. The maximum Gasteiger partial charge on any atom is 0.269 e. The molecule has 1 aromatic carbocycles. The first kappa shape index (κ1) is 10.4. The zero-order chi connectivity index (χ0) is 11.7. The molecule has 1 aromatic rings. The predicted molar refractivity (Wildman–Crippen MR) is 59.2 cm³/mol. The lowest BCUT2D eigenvalue weighted by Gasteiger charge is -2.21. The Morgan fingerprint density at radius 2 is 2.38 bits per heavy atom. The second-order valence-electron chi connectivity index (χ2n) is 3.82. The molecule has 1 unspecified atom stereocenters. The van der Waals surface area contributed by atoms with Gasteiger partial charge >= 0.3 is 0 Å². The number of hydrogen-bond acceptors (Lipinski definition) is 4. The highest BCUT2D eigenvalue weighted by Crippen LogP contribution is 2.32. The van der Waals surface area contributed by atoms with Crippen molar-refractivity contribution in [1.82, 2.24) is 0 Å². The minimum absolute atomic E-state index is 0.116. The van der Waals surface area contributed by atoms with Crippen LogP contribution in [-0.4, -0.2) is 17.5 Å². The van der Waals surface area contributed by atoms with Gasteiger partial charge in [0.15, 0.2) is 0 Å². The van der Waals surface area contributed by atoms with Crippen LogP contribution in [0.2, 0.25) is 0 Å². The molecule has 0 radical (unpaired) electrons. The molecule has 0 N–H and O–H groups in total. The van der Waals surface area contributed by atoms with Gasteiger partial charge in [0.1, 0.15) is 6.04 Å². The van der Waals surface area contributed by atoms with E-state index in [4.69, 9.17) is 5.26 Å². The first-order valence-corrected chi connectivity index (χ1v) is 5.07. The van der Waals surface area contributed by atoms with Gasteiger partial charge in [0.05, 0.1) is 11.0 Å². The Morgan fingerprint density at radius 3 is 3.00 bits per heavy atom. The SMILES string of the molecule is CC(C#N)N1CCc2cc([N+](=O)[O-])ccc21. The summed E-state index contributed by atoms with van der Waals surface area (Å²) in [6.45, 7) is 2.59. The van der Waals surface area contributed by atoms with Crippen LogP contribution in [0, 0.1) is 21.4 Å². The third-order valence-corrected chi connectivity index (χ3v) is 2.86. The van der Waals surface area contributed by atoms with Gasteiger partial charge in [0.2, 0.25) is 0 Å². The van der Waals surface area contributed by atoms with Crippen LogP contribution in [0.25, 0.3) is 0 Å². The standard InChI is InChI=1S/C11H11N3O2/c1-8(7-12)13-5-4-9-6-10(14(15)16)2-3-11(9)13/h2-3,6,8H,4-5H2,1H3. The normalized spacial score (nSPS) is 15.4. The predicted octanol–water partition coefficient (Wildman–Crippen LogP) is 1.87. The van der Waals surface area contributed by atoms with Gasteiger partial charge in [-0.2, -0.15) is 5.26 Å². The Balaban J connectivity index is 2.37. The van der Waals surface area contributed by atoms with Crippen LogP contribution in [0.15, 0.2) is 18.2 Å². The molecular formula is C11H11N3O2. The number of nitriles is 1. The lowest BCUT2D eigenvalue weighted by molar-refractivity contribution is -0.384. The van der Waals surface area contributed by atoms with Gasteiger partial charge in [-0.3, -0.25) is 10.1 Å². The Hall–Kier alpha value is -2.09. The molecule has 5 nitrogen and oxygen atoms in total. The molecule has 5 heteroatoms. The lowest BCUT2D eigenvalue weighted by atomic mass is 10.1. The number of rotatable bonds is 2. The summed E-state index contributed by atoms with van der Waals surface area (Å²) in [6, 6.07) is 6.80. The molecule has 0 saturated carbocycles. The van der Waals surface area contributed by atoms with E-state index < -0.39 is 4.92 Å². The fourth-order valence-electron chi connectivity index (χ4n) is 2.00. The average molecular weight is 217 g/mol. The minimum atomic E-state index is -0.392. The summed E-state index contributed by atoms with van der Waals surface area (Å²) in [6.07, 6.45) is 0.767. The Kier molecular flexibility index (Phi) is 2.49. The van der Waals surface area contributed by atoms with Crippen molar-refractivity contribution in [1.29, 1.82) is 5.26 Å². The van der Waals surface area contributed by atoms with E-state index in [1.807, 2.05) is 11.8 Å². The van der Waals surface area contributed by atoms with E-state index >= 15 is 0 Å². The molecule has 0 spiro atoms. The molecule has 0 amide bonds. The third-order valence-electron chi connectivity index (χ3n) is 2.86. The molecule has 1 aliphatic heterocycles. The number of benzene rings is 1. The van der Waals surface area contributed by atoms with E-state index in [0.717, 1.165) is 24.2 Å². The van der Waals surface area contributed by atoms with Crippen molar-refractivity contribution >= 4 is 11.4 Å². The Morgan fingerprint density at radius 1 is 1.62 bits per heavy atom. The van der Waals surface area contributed by atoms with E-state index in [9.17, 15) is 10.1 Å². The maximum absolute atomic E-state index is 10.6. The fourth-order valence-corrected chi connectivity index (χ4v) is 2.00. The zero-order valence-electron chi connectivity index (χ0n) is 8.88. The Labute approximate surface area is 93.1 Å². The topological polar surface area (TPSA) is 70.2 Å². The van der Waals surface area contributed by atoms with Gasteiger partial charge in [-0.25, -0.2) is 0 Å². The largest absolute Gasteiger partial charge is 0.355 e. The van der Waals surface area contributed by atoms with Crippen molar-refractivity contribution < 1.29 is 4.92 Å². The first-order chi connectivity index (χ1) is 7.63. The van der Waals surface area contributed by atoms with E-state index in [1.54, 1.807) is 12.1 Å². The van der Waals surface area contributed by atoms with Crippen molar-refractivity contribution in [2.24, 2.45) is 0 Å². The van der Waals surface area contributed by atoms with Crippen molar-refractivity contribution in [2.45, 2.75) is 19.4 Å². The number of anilines is 1. The molecule has 0 saturated heterocycles. The zero-order valence-corrected chi connectivity index (χ0v) is 8.88. The summed E-state index contributed by atoms with van der Waals surface area (Å²) in [7, 11) is 0. The highest BCUT2D eigenvalue weighted by Gasteiger charge is 2.24. The summed E-state index contributed by atoms with van der Waals surface area (Å²) in [4.78, 5) is 12.2. The molecule has 1 atom stereocenters. The van der Waals surface area contributed by atoms with Crippen molar-refractivity contribution in [3.05, 3.63) is 33.9 Å². The molecular weight excluding hydrogens is 206 g/mol. The molecule has 1 heterocycles. The quantitative estimate of drug-likeness (QED) is 0.560. The van der Waals surface area contributed by atoms with Crippen molar-refractivity contribution in [3.63, 3.8) is 0 Å². The highest BCUT2D eigenvalue weighted by atomic mass is 16.6. The van der Waals surface area contributed by atoms with Crippen LogP contribution in [0.4, 0.5) is 11.4 Å². The number of nitrogens with zero attached hydrogens (tertiary/aromatic N) is 3. The number of non-ortho nitro benzene ring substituents is 1. The summed E-state index contributed by atoms with van der Waals surface area (Å²) in [5.41, 5.74) is 2.01. The number of nitro benzene ring substituents is 1. The Bertz CT molecular complexity index is 479. The molecule has 0 aliphatic carbocycles. The fraction of sp³-hybridized carbons (Fsp3) is 0.364. The van der Waals surface area contributed by atoms with Crippen molar-refractivity contribution in [3.8, 4) is 6.07 Å². The van der Waals surface area contributed by atoms with E-state index in [-0.39, 0.29) is 11.7 Å². The molecule has 2 rings (SSSR count). The van der Waals surface area contributed by atoms with Crippen LogP contribution in [-0.2, 0) is 6.42 Å². The van der Waals surface area contributed by atoms with Crippen LogP contribution in [0.3, 0.4) is 0 Å². The summed E-state index contributed by atoms with van der Waals surface area (Å²) >= 11 is 0. The molecule has 0 fully saturated rings. The van der Waals surface area contributed by atoms with Crippen LogP contribution >= 0.6 is 0 Å². The monoisotopic (exact) mass is 217 g/mol. The summed E-state index contributed by atoms with van der Waals surface area (Å²) in [5.74, 6) is 0. The van der Waals surface area contributed by atoms with E-state index in [0.29, 0.717) is 0 Å². The number of fused-ring (bicyclic) bond motifs is 1. The van der Waals surface area contributed by atoms with Gasteiger partial charge in [-0.1, -0.05) is 0 Å². The second kappa shape index (κ2) is 3.81. The molecule has 0 aromatic heterocycles. The highest BCUT2D eigenvalue weighted by molar-refractivity contribution is 5.62. The first-order valence-electron chi connectivity index (χ1n) is 5.07. The van der Waals surface area contributed by atoms with Crippen molar-refractivity contribution in [2.75, 3.05) is 11.4 Å². The molecule has 1 aliphatic rings. The number of nitro groups is 1. The lowest BCUT2D eigenvalue weighted by Crippen LogP contribution is -2.29.